The molecule has 0 aliphatic rings. The monoisotopic (exact) mass is 313 g/mol. The molecule has 0 atom stereocenters. The fraction of sp³-hybridized carbons (Fsp3) is 0.0909. The molecule has 0 fully saturated rings. The highest BCUT2D eigenvalue weighted by Crippen LogP contribution is 2.29. The molecule has 0 aliphatic heterocycles. The van der Waals surface area contributed by atoms with Gasteiger partial charge in [-0.05, 0) is 28.1 Å². The molecule has 0 aliphatic carbocycles. The van der Waals surface area contributed by atoms with Gasteiger partial charge in [-0.15, -0.1) is 0 Å². The van der Waals surface area contributed by atoms with Crippen molar-refractivity contribution in [3.63, 3.8) is 0 Å². The normalized spacial score (nSPS) is 10.1. The van der Waals surface area contributed by atoms with Crippen molar-refractivity contribution in [2.45, 2.75) is 0 Å². The number of anilines is 2. The second-order valence-electron chi connectivity index (χ2n) is 3.20. The van der Waals surface area contributed by atoms with E-state index in [1.54, 1.807) is 13.2 Å². The van der Waals surface area contributed by atoms with Crippen LogP contribution in [0.1, 0.15) is 0 Å². The highest BCUT2D eigenvalue weighted by atomic mass is 79.9. The minimum atomic E-state index is 0.395. The number of benzene rings is 1. The maximum Gasteiger partial charge on any atom is 0.135 e. The lowest BCUT2D eigenvalue weighted by molar-refractivity contribution is 0.412. The van der Waals surface area contributed by atoms with Gasteiger partial charge in [0.1, 0.15) is 23.0 Å². The highest BCUT2D eigenvalue weighted by Gasteiger charge is 2.03. The number of halogens is 2. The molecule has 6 heteroatoms. The van der Waals surface area contributed by atoms with E-state index in [1.165, 1.54) is 6.33 Å². The topological polar surface area (TPSA) is 47.0 Å². The zero-order valence-corrected chi connectivity index (χ0v) is 11.3. The second-order valence-corrected chi connectivity index (χ2v) is 4.44. The van der Waals surface area contributed by atoms with E-state index in [4.69, 9.17) is 16.3 Å². The van der Waals surface area contributed by atoms with E-state index in [0.717, 1.165) is 15.9 Å². The summed E-state index contributed by atoms with van der Waals surface area (Å²) in [7, 11) is 1.62. The van der Waals surface area contributed by atoms with Crippen molar-refractivity contribution in [1.82, 2.24) is 9.97 Å². The Morgan fingerprint density at radius 1 is 1.29 bits per heavy atom. The van der Waals surface area contributed by atoms with Crippen LogP contribution in [-0.2, 0) is 0 Å². The van der Waals surface area contributed by atoms with Gasteiger partial charge in [-0.25, -0.2) is 9.97 Å². The van der Waals surface area contributed by atoms with Crippen molar-refractivity contribution in [2.75, 3.05) is 12.4 Å². The number of hydrogen-bond donors (Lipinski definition) is 1. The summed E-state index contributed by atoms with van der Waals surface area (Å²) in [5.41, 5.74) is 0.861. The number of hydrogen-bond acceptors (Lipinski definition) is 4. The quantitative estimate of drug-likeness (QED) is 0.879. The fourth-order valence-corrected chi connectivity index (χ4v) is 1.84. The number of methoxy groups -OCH3 is 1. The maximum absolute atomic E-state index is 5.77. The van der Waals surface area contributed by atoms with Crippen LogP contribution < -0.4 is 10.1 Å². The van der Waals surface area contributed by atoms with Gasteiger partial charge in [0.25, 0.3) is 0 Å². The minimum Gasteiger partial charge on any atom is -0.495 e. The number of rotatable bonds is 3. The molecule has 0 amide bonds. The molecular formula is C11H9BrClN3O. The molecule has 4 nitrogen and oxygen atoms in total. The van der Waals surface area contributed by atoms with E-state index >= 15 is 0 Å². The molecule has 0 saturated heterocycles. The van der Waals surface area contributed by atoms with Gasteiger partial charge in [0.05, 0.1) is 11.6 Å². The molecule has 0 radical (unpaired) electrons. The molecule has 0 saturated carbocycles. The van der Waals surface area contributed by atoms with Crippen LogP contribution in [0.5, 0.6) is 5.75 Å². The molecule has 17 heavy (non-hydrogen) atoms. The first-order valence-electron chi connectivity index (χ1n) is 4.77. The Bertz CT molecular complexity index is 536. The van der Waals surface area contributed by atoms with Crippen LogP contribution in [0.2, 0.25) is 5.15 Å². The Balaban J connectivity index is 2.24. The largest absolute Gasteiger partial charge is 0.495 e. The average molecular weight is 315 g/mol. The molecule has 0 bridgehead atoms. The van der Waals surface area contributed by atoms with Crippen molar-refractivity contribution in [1.29, 1.82) is 0 Å². The Hall–Kier alpha value is -1.33. The van der Waals surface area contributed by atoms with Crippen molar-refractivity contribution in [3.8, 4) is 5.75 Å². The molecule has 0 spiro atoms. The van der Waals surface area contributed by atoms with Crippen molar-refractivity contribution in [2.24, 2.45) is 0 Å². The van der Waals surface area contributed by atoms with Crippen LogP contribution in [0.15, 0.2) is 35.1 Å². The van der Waals surface area contributed by atoms with E-state index < -0.39 is 0 Å². The molecule has 0 unspecified atom stereocenters. The van der Waals surface area contributed by atoms with Crippen molar-refractivity contribution in [3.05, 3.63) is 40.2 Å². The first-order valence-corrected chi connectivity index (χ1v) is 5.94. The highest BCUT2D eigenvalue weighted by molar-refractivity contribution is 9.10. The average Bonchev–Trinajstić information content (AvgIpc) is 2.32. The Morgan fingerprint density at radius 3 is 2.82 bits per heavy atom. The molecule has 88 valence electrons. The molecule has 1 aromatic heterocycles. The lowest BCUT2D eigenvalue weighted by Crippen LogP contribution is -1.95. The van der Waals surface area contributed by atoms with E-state index in [2.05, 4.69) is 31.2 Å². The van der Waals surface area contributed by atoms with E-state index in [1.807, 2.05) is 18.2 Å². The summed E-state index contributed by atoms with van der Waals surface area (Å²) < 4.78 is 6.10. The molecule has 1 aromatic carbocycles. The van der Waals surface area contributed by atoms with Crippen molar-refractivity contribution < 1.29 is 4.74 Å². The van der Waals surface area contributed by atoms with Gasteiger partial charge in [0.15, 0.2) is 0 Å². The number of aromatic nitrogens is 2. The van der Waals surface area contributed by atoms with Crippen LogP contribution in [0.25, 0.3) is 0 Å². The number of nitrogens with zero attached hydrogens (tertiary/aromatic N) is 2. The molecule has 2 aromatic rings. The van der Waals surface area contributed by atoms with Crippen LogP contribution in [-0.4, -0.2) is 17.1 Å². The predicted octanol–water partition coefficient (Wildman–Crippen LogP) is 3.64. The maximum atomic E-state index is 5.77. The third kappa shape index (κ3) is 3.08. The van der Waals surface area contributed by atoms with E-state index in [-0.39, 0.29) is 0 Å². The minimum absolute atomic E-state index is 0.395. The first-order chi connectivity index (χ1) is 8.19. The zero-order valence-electron chi connectivity index (χ0n) is 8.95. The van der Waals surface area contributed by atoms with Crippen molar-refractivity contribution >= 4 is 39.0 Å². The first kappa shape index (κ1) is 12.1. The Morgan fingerprint density at radius 2 is 2.12 bits per heavy atom. The SMILES string of the molecule is COc1cc(Nc2cc(Cl)ncn2)ccc1Br. The molecule has 2 rings (SSSR count). The third-order valence-electron chi connectivity index (χ3n) is 2.06. The van der Waals surface area contributed by atoms with E-state index in [0.29, 0.717) is 11.0 Å². The number of ether oxygens (including phenoxy) is 1. The summed E-state index contributed by atoms with van der Waals surface area (Å²) >= 11 is 9.16. The van der Waals surface area contributed by atoms with Gasteiger partial charge in [-0.3, -0.25) is 0 Å². The summed E-state index contributed by atoms with van der Waals surface area (Å²) in [6.45, 7) is 0. The van der Waals surface area contributed by atoms with Gasteiger partial charge < -0.3 is 10.1 Å². The van der Waals surface area contributed by atoms with Gasteiger partial charge in [-0.2, -0.15) is 0 Å². The Kier molecular flexibility index (Phi) is 3.81. The molecule has 1 heterocycles. The van der Waals surface area contributed by atoms with Crippen LogP contribution in [0.4, 0.5) is 11.5 Å². The Labute approximate surface area is 112 Å². The summed E-state index contributed by atoms with van der Waals surface area (Å²) in [4.78, 5) is 7.86. The van der Waals surface area contributed by atoms with Crippen LogP contribution in [0, 0.1) is 0 Å². The fourth-order valence-electron chi connectivity index (χ4n) is 1.29. The number of nitrogens with one attached hydrogen (secondary N) is 1. The standard InChI is InChI=1S/C11H9BrClN3O/c1-17-9-4-7(2-3-8(9)12)16-11-5-10(13)14-6-15-11/h2-6H,1H3,(H,14,15,16). The third-order valence-corrected chi connectivity index (χ3v) is 2.92. The summed E-state index contributed by atoms with van der Waals surface area (Å²) in [6, 6.07) is 7.31. The summed E-state index contributed by atoms with van der Waals surface area (Å²) in [5.74, 6) is 1.38. The second kappa shape index (κ2) is 5.33. The molecule has 1 N–H and O–H groups in total. The van der Waals surface area contributed by atoms with Gasteiger partial charge in [0.2, 0.25) is 0 Å². The smallest absolute Gasteiger partial charge is 0.135 e. The summed E-state index contributed by atoms with van der Waals surface area (Å²) in [5, 5.41) is 3.51. The zero-order chi connectivity index (χ0) is 12.3. The molecular weight excluding hydrogens is 305 g/mol. The van der Waals surface area contributed by atoms with E-state index in [9.17, 15) is 0 Å². The van der Waals surface area contributed by atoms with Crippen LogP contribution in [0.3, 0.4) is 0 Å². The summed E-state index contributed by atoms with van der Waals surface area (Å²) in [6.07, 6.45) is 1.40. The van der Waals surface area contributed by atoms with Gasteiger partial charge >= 0.3 is 0 Å². The van der Waals surface area contributed by atoms with Gasteiger partial charge in [-0.1, -0.05) is 11.6 Å². The van der Waals surface area contributed by atoms with Crippen LogP contribution >= 0.6 is 27.5 Å². The lowest BCUT2D eigenvalue weighted by atomic mass is 10.3. The van der Waals surface area contributed by atoms with Gasteiger partial charge in [0, 0.05) is 17.8 Å². The lowest BCUT2D eigenvalue weighted by Gasteiger charge is -2.08. The predicted molar refractivity (Wildman–Crippen MR) is 71.0 cm³/mol.